The highest BCUT2D eigenvalue weighted by molar-refractivity contribution is 6.33. The highest BCUT2D eigenvalue weighted by Gasteiger charge is 2.16. The molecular formula is C13H14ClN3O. The molecule has 0 bridgehead atoms. The van der Waals surface area contributed by atoms with Crippen LogP contribution in [0.25, 0.3) is 11.3 Å². The van der Waals surface area contributed by atoms with E-state index in [0.717, 1.165) is 29.4 Å². The molecule has 0 aliphatic carbocycles. The summed E-state index contributed by atoms with van der Waals surface area (Å²) in [7, 11) is 0. The smallest absolute Gasteiger partial charge is 0.222 e. The predicted octanol–water partition coefficient (Wildman–Crippen LogP) is 3.18. The molecule has 2 heterocycles. The first kappa shape index (κ1) is 11.4. The molecule has 1 saturated heterocycles. The molecule has 1 aromatic carbocycles. The maximum Gasteiger partial charge on any atom is 0.222 e. The van der Waals surface area contributed by atoms with E-state index in [0.29, 0.717) is 11.6 Å². The Kier molecular flexibility index (Phi) is 2.88. The number of nitrogens with zero attached hydrogens (tertiary/aromatic N) is 2. The van der Waals surface area contributed by atoms with Crippen LogP contribution in [0.15, 0.2) is 28.8 Å². The minimum absolute atomic E-state index is 0.310. The summed E-state index contributed by atoms with van der Waals surface area (Å²) in [6.07, 6.45) is 2.47. The van der Waals surface area contributed by atoms with Crippen molar-refractivity contribution in [3.05, 3.63) is 29.3 Å². The highest BCUT2D eigenvalue weighted by Crippen LogP contribution is 2.32. The molecule has 3 rings (SSSR count). The van der Waals surface area contributed by atoms with Gasteiger partial charge in [0.1, 0.15) is 5.69 Å². The lowest BCUT2D eigenvalue weighted by molar-refractivity contribution is 0.439. The van der Waals surface area contributed by atoms with Crippen LogP contribution in [-0.2, 0) is 0 Å². The molecule has 0 spiro atoms. The number of benzene rings is 1. The molecule has 1 aliphatic rings. The van der Waals surface area contributed by atoms with Gasteiger partial charge in [-0.05, 0) is 25.0 Å². The molecule has 1 aliphatic heterocycles. The molecule has 5 heteroatoms. The number of anilines is 2. The van der Waals surface area contributed by atoms with Gasteiger partial charge in [-0.3, -0.25) is 0 Å². The van der Waals surface area contributed by atoms with Crippen LogP contribution < -0.4 is 10.6 Å². The van der Waals surface area contributed by atoms with Crippen LogP contribution in [0, 0.1) is 0 Å². The lowest BCUT2D eigenvalue weighted by Gasteiger charge is -2.19. The molecule has 18 heavy (non-hydrogen) atoms. The third-order valence-electron chi connectivity index (χ3n) is 3.22. The third kappa shape index (κ3) is 2.04. The number of rotatable bonds is 2. The fraction of sp³-hybridized carbons (Fsp3) is 0.308. The van der Waals surface area contributed by atoms with Crippen molar-refractivity contribution in [3.8, 4) is 11.3 Å². The summed E-state index contributed by atoms with van der Waals surface area (Å²) in [6, 6.07) is 7.64. The van der Waals surface area contributed by atoms with Crippen molar-refractivity contribution in [2.24, 2.45) is 0 Å². The van der Waals surface area contributed by atoms with Crippen molar-refractivity contribution in [1.29, 1.82) is 0 Å². The minimum atomic E-state index is 0.310. The Morgan fingerprint density at radius 2 is 2.00 bits per heavy atom. The average Bonchev–Trinajstić information content (AvgIpc) is 2.99. The van der Waals surface area contributed by atoms with E-state index in [9.17, 15) is 0 Å². The fourth-order valence-electron chi connectivity index (χ4n) is 2.31. The molecule has 0 radical (unpaired) electrons. The van der Waals surface area contributed by atoms with Gasteiger partial charge in [-0.15, -0.1) is 0 Å². The summed E-state index contributed by atoms with van der Waals surface area (Å²) in [6.45, 7) is 2.16. The van der Waals surface area contributed by atoms with E-state index in [1.165, 1.54) is 12.8 Å². The summed E-state index contributed by atoms with van der Waals surface area (Å²) in [5.41, 5.74) is 8.24. The molecule has 4 nitrogen and oxygen atoms in total. The highest BCUT2D eigenvalue weighted by atomic mass is 35.5. The van der Waals surface area contributed by atoms with Crippen LogP contribution in [-0.4, -0.2) is 18.2 Å². The van der Waals surface area contributed by atoms with E-state index in [-0.39, 0.29) is 0 Å². The van der Waals surface area contributed by atoms with Gasteiger partial charge in [0.2, 0.25) is 5.88 Å². The van der Waals surface area contributed by atoms with Crippen molar-refractivity contribution in [3.63, 3.8) is 0 Å². The average molecular weight is 264 g/mol. The number of hydrogen-bond acceptors (Lipinski definition) is 4. The molecule has 0 atom stereocenters. The predicted molar refractivity (Wildman–Crippen MR) is 72.8 cm³/mol. The molecular weight excluding hydrogens is 250 g/mol. The van der Waals surface area contributed by atoms with E-state index in [1.54, 1.807) is 6.07 Å². The zero-order valence-electron chi connectivity index (χ0n) is 9.90. The van der Waals surface area contributed by atoms with Gasteiger partial charge in [0, 0.05) is 24.7 Å². The second-order valence-electron chi connectivity index (χ2n) is 4.47. The number of nitrogen functional groups attached to an aromatic ring is 1. The number of hydrogen-bond donors (Lipinski definition) is 1. The van der Waals surface area contributed by atoms with Gasteiger partial charge in [0.15, 0.2) is 0 Å². The maximum atomic E-state index is 6.33. The summed E-state index contributed by atoms with van der Waals surface area (Å²) in [4.78, 5) is 2.31. The van der Waals surface area contributed by atoms with Crippen LogP contribution in [0.5, 0.6) is 0 Å². The molecule has 2 N–H and O–H groups in total. The SMILES string of the molecule is Nc1cc(-c2ccc(N3CCCC3)c(Cl)c2)no1. The summed E-state index contributed by atoms with van der Waals surface area (Å²) in [5, 5.41) is 4.63. The molecule has 0 amide bonds. The second kappa shape index (κ2) is 4.53. The quantitative estimate of drug-likeness (QED) is 0.904. The van der Waals surface area contributed by atoms with Gasteiger partial charge >= 0.3 is 0 Å². The monoisotopic (exact) mass is 263 g/mol. The summed E-state index contributed by atoms with van der Waals surface area (Å²) in [5.74, 6) is 0.310. The Morgan fingerprint density at radius 3 is 2.61 bits per heavy atom. The van der Waals surface area contributed by atoms with E-state index >= 15 is 0 Å². The molecule has 1 fully saturated rings. The normalized spacial score (nSPS) is 15.3. The zero-order valence-corrected chi connectivity index (χ0v) is 10.7. The first-order valence-corrected chi connectivity index (χ1v) is 6.39. The van der Waals surface area contributed by atoms with Crippen LogP contribution in [0.1, 0.15) is 12.8 Å². The Hall–Kier alpha value is -1.68. The maximum absolute atomic E-state index is 6.33. The summed E-state index contributed by atoms with van der Waals surface area (Å²) >= 11 is 6.33. The van der Waals surface area contributed by atoms with Crippen molar-refractivity contribution >= 4 is 23.2 Å². The minimum Gasteiger partial charge on any atom is -0.370 e. The Morgan fingerprint density at radius 1 is 1.22 bits per heavy atom. The zero-order chi connectivity index (χ0) is 12.5. The largest absolute Gasteiger partial charge is 0.370 e. The number of nitrogens with two attached hydrogens (primary N) is 1. The first-order valence-electron chi connectivity index (χ1n) is 6.01. The van der Waals surface area contributed by atoms with Crippen molar-refractivity contribution in [2.75, 3.05) is 23.7 Å². The molecule has 0 unspecified atom stereocenters. The Bertz CT molecular complexity index is 561. The molecule has 2 aromatic rings. The van der Waals surface area contributed by atoms with E-state index < -0.39 is 0 Å². The first-order chi connectivity index (χ1) is 8.74. The molecule has 1 aromatic heterocycles. The van der Waals surface area contributed by atoms with E-state index in [1.807, 2.05) is 18.2 Å². The number of halogens is 1. The van der Waals surface area contributed by atoms with Gasteiger partial charge in [-0.1, -0.05) is 22.8 Å². The second-order valence-corrected chi connectivity index (χ2v) is 4.88. The topological polar surface area (TPSA) is 55.3 Å². The van der Waals surface area contributed by atoms with Gasteiger partial charge in [-0.25, -0.2) is 0 Å². The third-order valence-corrected chi connectivity index (χ3v) is 3.52. The molecule has 0 saturated carbocycles. The van der Waals surface area contributed by atoms with Gasteiger partial charge in [0.25, 0.3) is 0 Å². The Labute approximate surface area is 110 Å². The standard InChI is InChI=1S/C13H14ClN3O/c14-10-7-9(11-8-13(15)18-16-11)3-4-12(10)17-5-1-2-6-17/h3-4,7-8H,1-2,5-6,15H2. The number of aromatic nitrogens is 1. The lowest BCUT2D eigenvalue weighted by Crippen LogP contribution is -2.17. The van der Waals surface area contributed by atoms with Crippen LogP contribution in [0.3, 0.4) is 0 Å². The van der Waals surface area contributed by atoms with Gasteiger partial charge < -0.3 is 15.2 Å². The van der Waals surface area contributed by atoms with E-state index in [2.05, 4.69) is 10.1 Å². The van der Waals surface area contributed by atoms with Crippen LogP contribution >= 0.6 is 11.6 Å². The summed E-state index contributed by atoms with van der Waals surface area (Å²) < 4.78 is 4.86. The fourth-order valence-corrected chi connectivity index (χ4v) is 2.61. The van der Waals surface area contributed by atoms with Crippen molar-refractivity contribution in [2.45, 2.75) is 12.8 Å². The van der Waals surface area contributed by atoms with E-state index in [4.69, 9.17) is 21.9 Å². The van der Waals surface area contributed by atoms with Crippen molar-refractivity contribution < 1.29 is 4.52 Å². The van der Waals surface area contributed by atoms with Crippen molar-refractivity contribution in [1.82, 2.24) is 5.16 Å². The lowest BCUT2D eigenvalue weighted by atomic mass is 10.1. The van der Waals surface area contributed by atoms with Crippen LogP contribution in [0.4, 0.5) is 11.6 Å². The molecule has 94 valence electrons. The van der Waals surface area contributed by atoms with Crippen LogP contribution in [0.2, 0.25) is 5.02 Å². The van der Waals surface area contributed by atoms with Gasteiger partial charge in [-0.2, -0.15) is 0 Å². The Balaban J connectivity index is 1.93. The van der Waals surface area contributed by atoms with Gasteiger partial charge in [0.05, 0.1) is 10.7 Å².